The molecule has 2 aromatic heterocycles. The number of thiophene rings is 1. The highest BCUT2D eigenvalue weighted by molar-refractivity contribution is 7.25. The topological polar surface area (TPSA) is 53.1 Å². The van der Waals surface area contributed by atoms with Crippen molar-refractivity contribution < 1.29 is 4.42 Å². The number of benzene rings is 9. The molecule has 0 saturated carbocycles. The minimum absolute atomic E-state index is 0.0107. The third kappa shape index (κ3) is 5.22. The van der Waals surface area contributed by atoms with Crippen molar-refractivity contribution >= 4 is 109 Å². The van der Waals surface area contributed by atoms with Crippen molar-refractivity contribution in [2.24, 2.45) is 9.98 Å². The van der Waals surface area contributed by atoms with Crippen molar-refractivity contribution in [3.8, 4) is 0 Å². The summed E-state index contributed by atoms with van der Waals surface area (Å²) >= 11 is 1.82. The third-order valence-electron chi connectivity index (χ3n) is 13.4. The lowest BCUT2D eigenvalue weighted by Gasteiger charge is -2.32. The Morgan fingerprint density at radius 3 is 2.17 bits per heavy atom. The lowest BCUT2D eigenvalue weighted by molar-refractivity contribution is 0.662. The van der Waals surface area contributed by atoms with Gasteiger partial charge in [-0.3, -0.25) is 0 Å². The summed E-state index contributed by atoms with van der Waals surface area (Å²) in [5.41, 5.74) is 8.18. The van der Waals surface area contributed by atoms with Crippen molar-refractivity contribution in [3.63, 3.8) is 0 Å². The normalized spacial score (nSPS) is 18.2. The first kappa shape index (κ1) is 34.9. The summed E-state index contributed by atoms with van der Waals surface area (Å²) in [4.78, 5) is 13.6. The van der Waals surface area contributed by atoms with Crippen LogP contribution in [0.1, 0.15) is 34.3 Å². The van der Waals surface area contributed by atoms with Crippen LogP contribution in [0.2, 0.25) is 0 Å². The number of amidine groups is 2. The van der Waals surface area contributed by atoms with E-state index in [0.717, 1.165) is 55.5 Å². The fraction of sp³-hybridized carbons (Fsp3) is 0.0526. The maximum atomic E-state index is 7.18. The zero-order valence-corrected chi connectivity index (χ0v) is 34.7. The molecule has 0 radical (unpaired) electrons. The van der Waals surface area contributed by atoms with E-state index >= 15 is 0 Å². The Balaban J connectivity index is 1.05. The van der Waals surface area contributed by atoms with Gasteiger partial charge in [-0.05, 0) is 92.5 Å². The highest BCUT2D eigenvalue weighted by Gasteiger charge is 2.41. The van der Waals surface area contributed by atoms with Gasteiger partial charge in [-0.1, -0.05) is 140 Å². The molecule has 1 N–H and O–H groups in total. The van der Waals surface area contributed by atoms with E-state index < -0.39 is 6.17 Å². The quantitative estimate of drug-likeness (QED) is 0.192. The fourth-order valence-electron chi connectivity index (χ4n) is 10.5. The van der Waals surface area contributed by atoms with E-state index in [1.165, 1.54) is 58.4 Å². The molecule has 2 unspecified atom stereocenters. The van der Waals surface area contributed by atoms with Gasteiger partial charge in [0.05, 0.1) is 11.7 Å². The molecular formula is C57H36N4OS. The van der Waals surface area contributed by atoms with Crippen LogP contribution < -0.4 is 10.2 Å². The number of hydrogen-bond donors (Lipinski definition) is 1. The van der Waals surface area contributed by atoms with Crippen LogP contribution in [0.5, 0.6) is 0 Å². The molecule has 0 fully saturated rings. The number of allylic oxidation sites excluding steroid dienone is 2. The minimum Gasteiger partial charge on any atom is -0.454 e. The Labute approximate surface area is 366 Å². The van der Waals surface area contributed by atoms with Gasteiger partial charge in [-0.25, -0.2) is 9.98 Å². The Bertz CT molecular complexity index is 3880. The SMILES string of the molecule is C1=CC2c3cc4ccccc4cc3N(c3c(C4=NC(c5ccc6sc7ccccc7c6c5)=N[C@H](c5cccc6ccccc56)N4)ccc4c3oc3ccc5ccccc5c34)C2C=C1. The second-order valence-electron chi connectivity index (χ2n) is 16.9. The monoisotopic (exact) mass is 824 g/mol. The van der Waals surface area contributed by atoms with E-state index in [1.807, 2.05) is 11.3 Å². The predicted molar refractivity (Wildman–Crippen MR) is 264 cm³/mol. The number of rotatable bonds is 4. The van der Waals surface area contributed by atoms with Gasteiger partial charge in [0, 0.05) is 59.2 Å². The number of nitrogens with one attached hydrogen (secondary N) is 1. The Morgan fingerprint density at radius 1 is 0.556 bits per heavy atom. The molecule has 63 heavy (non-hydrogen) atoms. The molecule has 0 bridgehead atoms. The second kappa shape index (κ2) is 13.3. The van der Waals surface area contributed by atoms with Crippen LogP contribution in [-0.4, -0.2) is 17.7 Å². The number of fused-ring (bicyclic) bond motifs is 13. The zero-order valence-electron chi connectivity index (χ0n) is 33.9. The van der Waals surface area contributed by atoms with Gasteiger partial charge >= 0.3 is 0 Å². The van der Waals surface area contributed by atoms with E-state index in [1.54, 1.807) is 0 Å². The minimum atomic E-state index is -0.420. The van der Waals surface area contributed by atoms with E-state index in [0.29, 0.717) is 5.84 Å². The van der Waals surface area contributed by atoms with Crippen molar-refractivity contribution in [1.82, 2.24) is 5.32 Å². The molecule has 0 saturated heterocycles. The van der Waals surface area contributed by atoms with Gasteiger partial charge in [0.1, 0.15) is 17.6 Å². The van der Waals surface area contributed by atoms with Crippen LogP contribution in [0.3, 0.4) is 0 Å². The van der Waals surface area contributed by atoms with Crippen LogP contribution in [0.15, 0.2) is 209 Å². The molecule has 0 spiro atoms. The second-order valence-corrected chi connectivity index (χ2v) is 17.9. The highest BCUT2D eigenvalue weighted by Crippen LogP contribution is 2.53. The first-order chi connectivity index (χ1) is 31.2. The summed E-state index contributed by atoms with van der Waals surface area (Å²) in [5, 5.41) is 15.7. The lowest BCUT2D eigenvalue weighted by atomic mass is 9.90. The maximum Gasteiger partial charge on any atom is 0.159 e. The molecule has 3 aliphatic rings. The van der Waals surface area contributed by atoms with Crippen LogP contribution >= 0.6 is 11.3 Å². The Morgan fingerprint density at radius 2 is 1.29 bits per heavy atom. The maximum absolute atomic E-state index is 7.18. The van der Waals surface area contributed by atoms with E-state index in [9.17, 15) is 0 Å². The molecule has 14 rings (SSSR count). The molecule has 5 nitrogen and oxygen atoms in total. The first-order valence-corrected chi connectivity index (χ1v) is 22.4. The van der Waals surface area contributed by atoms with Crippen LogP contribution in [0, 0.1) is 0 Å². The van der Waals surface area contributed by atoms with E-state index in [-0.39, 0.29) is 12.0 Å². The number of nitrogens with zero attached hydrogens (tertiary/aromatic N) is 3. The summed E-state index contributed by atoms with van der Waals surface area (Å²) in [6.07, 6.45) is 8.66. The Kier molecular flexibility index (Phi) is 7.39. The molecule has 9 aromatic carbocycles. The van der Waals surface area contributed by atoms with Crippen molar-refractivity contribution in [2.45, 2.75) is 18.1 Å². The third-order valence-corrected chi connectivity index (χ3v) is 14.6. The van der Waals surface area contributed by atoms with Crippen LogP contribution in [0.25, 0.3) is 74.4 Å². The van der Waals surface area contributed by atoms with Crippen molar-refractivity contribution in [1.29, 1.82) is 0 Å². The average molecular weight is 825 g/mol. The number of anilines is 2. The fourth-order valence-corrected chi connectivity index (χ4v) is 11.6. The molecule has 4 heterocycles. The van der Waals surface area contributed by atoms with Crippen LogP contribution in [0.4, 0.5) is 11.4 Å². The van der Waals surface area contributed by atoms with Gasteiger partial charge < -0.3 is 14.6 Å². The van der Waals surface area contributed by atoms with Crippen molar-refractivity contribution in [3.05, 3.63) is 216 Å². The summed E-state index contributed by atoms with van der Waals surface area (Å²) < 4.78 is 9.70. The molecule has 3 atom stereocenters. The number of hydrogen-bond acceptors (Lipinski definition) is 6. The number of furan rings is 1. The molecule has 296 valence electrons. The van der Waals surface area contributed by atoms with E-state index in [4.69, 9.17) is 14.4 Å². The summed E-state index contributed by atoms with van der Waals surface area (Å²) in [6.45, 7) is 0. The molecule has 1 aliphatic carbocycles. The van der Waals surface area contributed by atoms with Gasteiger partial charge in [-0.15, -0.1) is 11.3 Å². The average Bonchev–Trinajstić information content (AvgIpc) is 4.02. The Hall–Kier alpha value is -7.80. The smallest absolute Gasteiger partial charge is 0.159 e. The summed E-state index contributed by atoms with van der Waals surface area (Å²) in [5.74, 6) is 1.58. The summed E-state index contributed by atoms with van der Waals surface area (Å²) in [7, 11) is 0. The molecule has 2 aliphatic heterocycles. The van der Waals surface area contributed by atoms with E-state index in [2.05, 4.69) is 204 Å². The zero-order chi connectivity index (χ0) is 41.2. The van der Waals surface area contributed by atoms with Gasteiger partial charge in [0.2, 0.25) is 0 Å². The summed E-state index contributed by atoms with van der Waals surface area (Å²) in [6, 6.07) is 61.3. The highest BCUT2D eigenvalue weighted by atomic mass is 32.1. The lowest BCUT2D eigenvalue weighted by Crippen LogP contribution is -2.36. The molecular weight excluding hydrogens is 789 g/mol. The molecule has 0 amide bonds. The number of aliphatic imine (C=N–C) groups is 2. The van der Waals surface area contributed by atoms with Gasteiger partial charge in [0.25, 0.3) is 0 Å². The first-order valence-electron chi connectivity index (χ1n) is 21.6. The van der Waals surface area contributed by atoms with Gasteiger partial charge in [0.15, 0.2) is 11.4 Å². The van der Waals surface area contributed by atoms with Gasteiger partial charge in [-0.2, -0.15) is 0 Å². The predicted octanol–water partition coefficient (Wildman–Crippen LogP) is 14.6. The standard InChI is InChI=1S/C57H36N4OS/c1-2-15-36-32-48-45(30-35(36)14-1)40-19-7-9-22-47(40)61(48)53-44(27-26-43-52-39-18-6-4-13-34(39)24-28-49(52)62-54(43)53)57-59-55(37-25-29-51-46(31-37)41-20-8-10-23-50(41)63-51)58-56(60-57)42-21-11-16-33-12-3-5-17-38(33)42/h1-32,40,47,56H,(H,58,59,60)/t40?,47?,56-/m0/s1. The molecule has 11 aromatic rings. The van der Waals surface area contributed by atoms with Crippen molar-refractivity contribution in [2.75, 3.05) is 4.90 Å². The molecule has 6 heteroatoms. The van der Waals surface area contributed by atoms with Crippen LogP contribution in [-0.2, 0) is 0 Å². The largest absolute Gasteiger partial charge is 0.454 e.